The van der Waals surface area contributed by atoms with Crippen LogP contribution < -0.4 is 21.0 Å². The number of anilines is 2. The van der Waals surface area contributed by atoms with Crippen LogP contribution >= 0.6 is 0 Å². The standard InChI is InChI=1S/C27H26N4O3/c28-17-19-6-8-21(9-7-19)31-18-24(27(33)34)26(32)23-11-10-22(16-25(23)31)30-14-12-29(13-15-30)20-4-2-1-3-5-20/h1-11,16,18H,12-15,17,28H2,(H,33,34). The molecule has 34 heavy (non-hydrogen) atoms. The fraction of sp³-hybridized carbons (Fsp3) is 0.185. The van der Waals surface area contributed by atoms with E-state index in [0.29, 0.717) is 17.4 Å². The van der Waals surface area contributed by atoms with Crippen molar-refractivity contribution in [3.05, 3.63) is 100 Å². The van der Waals surface area contributed by atoms with Crippen molar-refractivity contribution in [2.24, 2.45) is 5.73 Å². The summed E-state index contributed by atoms with van der Waals surface area (Å²) in [5.74, 6) is -1.24. The summed E-state index contributed by atoms with van der Waals surface area (Å²) in [5.41, 5.74) is 9.66. The van der Waals surface area contributed by atoms with E-state index in [2.05, 4.69) is 34.1 Å². The maximum Gasteiger partial charge on any atom is 0.341 e. The molecule has 1 aliphatic rings. The lowest BCUT2D eigenvalue weighted by atomic mass is 10.1. The summed E-state index contributed by atoms with van der Waals surface area (Å²) in [4.78, 5) is 29.3. The molecular formula is C27H26N4O3. The second-order valence-electron chi connectivity index (χ2n) is 8.43. The molecule has 0 amide bonds. The van der Waals surface area contributed by atoms with Crippen LogP contribution in [0.1, 0.15) is 15.9 Å². The van der Waals surface area contributed by atoms with Crippen molar-refractivity contribution >= 4 is 28.2 Å². The normalized spacial score (nSPS) is 13.9. The van der Waals surface area contributed by atoms with E-state index < -0.39 is 11.4 Å². The second kappa shape index (κ2) is 9.03. The molecule has 1 fully saturated rings. The fourth-order valence-electron chi connectivity index (χ4n) is 4.53. The third-order valence-corrected chi connectivity index (χ3v) is 6.44. The molecule has 0 atom stereocenters. The highest BCUT2D eigenvalue weighted by atomic mass is 16.4. The molecule has 1 aromatic heterocycles. The number of carboxylic acids is 1. The van der Waals surface area contributed by atoms with Crippen LogP contribution in [0.5, 0.6) is 0 Å². The first-order valence-corrected chi connectivity index (χ1v) is 11.3. The minimum absolute atomic E-state index is 0.250. The molecule has 0 bridgehead atoms. The topological polar surface area (TPSA) is 91.8 Å². The quantitative estimate of drug-likeness (QED) is 0.480. The molecule has 4 aromatic rings. The molecule has 0 radical (unpaired) electrons. The van der Waals surface area contributed by atoms with Gasteiger partial charge in [0, 0.05) is 61.4 Å². The van der Waals surface area contributed by atoms with Gasteiger partial charge in [0.05, 0.1) is 5.52 Å². The number of hydrogen-bond acceptors (Lipinski definition) is 5. The number of aromatic nitrogens is 1. The number of pyridine rings is 1. The van der Waals surface area contributed by atoms with Gasteiger partial charge in [0.1, 0.15) is 5.56 Å². The van der Waals surface area contributed by atoms with Crippen molar-refractivity contribution in [1.29, 1.82) is 0 Å². The Hall–Kier alpha value is -4.10. The van der Waals surface area contributed by atoms with Gasteiger partial charge in [0.2, 0.25) is 5.43 Å². The average Bonchev–Trinajstić information content (AvgIpc) is 2.89. The van der Waals surface area contributed by atoms with Gasteiger partial charge in [-0.2, -0.15) is 0 Å². The molecule has 0 spiro atoms. The predicted molar refractivity (Wildman–Crippen MR) is 135 cm³/mol. The van der Waals surface area contributed by atoms with Gasteiger partial charge >= 0.3 is 5.97 Å². The molecule has 0 aliphatic carbocycles. The number of rotatable bonds is 5. The number of hydrogen-bond donors (Lipinski definition) is 2. The Bertz CT molecular complexity index is 1390. The number of carboxylic acid groups (broad SMARTS) is 1. The van der Waals surface area contributed by atoms with Crippen molar-refractivity contribution < 1.29 is 9.90 Å². The number of aromatic carboxylic acids is 1. The molecule has 2 heterocycles. The number of fused-ring (bicyclic) bond motifs is 1. The van der Waals surface area contributed by atoms with Gasteiger partial charge in [-0.1, -0.05) is 30.3 Å². The zero-order chi connectivity index (χ0) is 23.7. The Kier molecular flexibility index (Phi) is 5.77. The Morgan fingerprint density at radius 3 is 2.06 bits per heavy atom. The Balaban J connectivity index is 1.53. The maximum atomic E-state index is 12.9. The average molecular weight is 455 g/mol. The molecule has 5 rings (SSSR count). The summed E-state index contributed by atoms with van der Waals surface area (Å²) >= 11 is 0. The smallest absolute Gasteiger partial charge is 0.341 e. The summed E-state index contributed by atoms with van der Waals surface area (Å²) in [6.07, 6.45) is 1.42. The van der Waals surface area contributed by atoms with Gasteiger partial charge in [0.25, 0.3) is 0 Å². The van der Waals surface area contributed by atoms with Gasteiger partial charge < -0.3 is 25.2 Å². The molecule has 7 heteroatoms. The highest BCUT2D eigenvalue weighted by Gasteiger charge is 2.20. The number of para-hydroxylation sites is 1. The minimum atomic E-state index is -1.24. The van der Waals surface area contributed by atoms with Crippen molar-refractivity contribution in [3.63, 3.8) is 0 Å². The highest BCUT2D eigenvalue weighted by molar-refractivity contribution is 5.94. The van der Waals surface area contributed by atoms with Crippen LogP contribution in [0.2, 0.25) is 0 Å². The first kappa shape index (κ1) is 21.7. The number of piperazine rings is 1. The van der Waals surface area contributed by atoms with E-state index >= 15 is 0 Å². The third kappa shape index (κ3) is 4.02. The fourth-order valence-corrected chi connectivity index (χ4v) is 4.53. The Morgan fingerprint density at radius 2 is 1.44 bits per heavy atom. The van der Waals surface area contributed by atoms with E-state index in [1.54, 1.807) is 10.6 Å². The first-order chi connectivity index (χ1) is 16.5. The van der Waals surface area contributed by atoms with Gasteiger partial charge in [-0.05, 0) is 48.0 Å². The summed E-state index contributed by atoms with van der Waals surface area (Å²) in [6.45, 7) is 3.91. The van der Waals surface area contributed by atoms with Crippen molar-refractivity contribution in [3.8, 4) is 5.69 Å². The maximum absolute atomic E-state index is 12.9. The van der Waals surface area contributed by atoms with Crippen LogP contribution in [0.15, 0.2) is 83.8 Å². The summed E-state index contributed by atoms with van der Waals surface area (Å²) in [7, 11) is 0. The highest BCUT2D eigenvalue weighted by Crippen LogP contribution is 2.26. The zero-order valence-corrected chi connectivity index (χ0v) is 18.7. The van der Waals surface area contributed by atoms with E-state index in [-0.39, 0.29) is 5.56 Å². The first-order valence-electron chi connectivity index (χ1n) is 11.3. The molecule has 3 N–H and O–H groups in total. The predicted octanol–water partition coefficient (Wildman–Crippen LogP) is 3.47. The Morgan fingerprint density at radius 1 is 0.824 bits per heavy atom. The Labute approximate surface area is 197 Å². The molecule has 1 saturated heterocycles. The summed E-state index contributed by atoms with van der Waals surface area (Å²) in [5, 5.41) is 10.00. The van der Waals surface area contributed by atoms with Crippen LogP contribution in [0.3, 0.4) is 0 Å². The van der Waals surface area contributed by atoms with Crippen LogP contribution in [0.4, 0.5) is 11.4 Å². The molecule has 3 aromatic carbocycles. The van der Waals surface area contributed by atoms with E-state index in [1.807, 2.05) is 42.5 Å². The monoisotopic (exact) mass is 454 g/mol. The lowest BCUT2D eigenvalue weighted by molar-refractivity contribution is 0.0695. The SMILES string of the molecule is NCc1ccc(-n2cc(C(=O)O)c(=O)c3ccc(N4CCN(c5ccccc5)CC4)cc32)cc1. The molecule has 0 unspecified atom stereocenters. The van der Waals surface area contributed by atoms with Gasteiger partial charge in [-0.25, -0.2) is 4.79 Å². The number of nitrogens with two attached hydrogens (primary N) is 1. The van der Waals surface area contributed by atoms with Crippen molar-refractivity contribution in [2.45, 2.75) is 6.54 Å². The van der Waals surface area contributed by atoms with Crippen LogP contribution in [-0.2, 0) is 6.54 Å². The van der Waals surface area contributed by atoms with E-state index in [0.717, 1.165) is 43.1 Å². The number of nitrogens with zero attached hydrogens (tertiary/aromatic N) is 3. The van der Waals surface area contributed by atoms with Crippen LogP contribution in [0.25, 0.3) is 16.6 Å². The molecule has 0 saturated carbocycles. The summed E-state index contributed by atoms with van der Waals surface area (Å²) in [6, 6.07) is 23.6. The zero-order valence-electron chi connectivity index (χ0n) is 18.7. The molecule has 1 aliphatic heterocycles. The van der Waals surface area contributed by atoms with Gasteiger partial charge in [0.15, 0.2) is 0 Å². The van der Waals surface area contributed by atoms with Gasteiger partial charge in [-0.15, -0.1) is 0 Å². The van der Waals surface area contributed by atoms with Crippen molar-refractivity contribution in [2.75, 3.05) is 36.0 Å². The van der Waals surface area contributed by atoms with Gasteiger partial charge in [-0.3, -0.25) is 4.79 Å². The second-order valence-corrected chi connectivity index (χ2v) is 8.43. The summed E-state index contributed by atoms with van der Waals surface area (Å²) < 4.78 is 1.78. The van der Waals surface area contributed by atoms with Crippen molar-refractivity contribution in [1.82, 2.24) is 4.57 Å². The van der Waals surface area contributed by atoms with E-state index in [9.17, 15) is 14.7 Å². The number of benzene rings is 3. The minimum Gasteiger partial charge on any atom is -0.477 e. The van der Waals surface area contributed by atoms with E-state index in [4.69, 9.17) is 5.73 Å². The molecule has 172 valence electrons. The molecular weight excluding hydrogens is 428 g/mol. The third-order valence-electron chi connectivity index (χ3n) is 6.44. The lowest BCUT2D eigenvalue weighted by Crippen LogP contribution is -2.46. The lowest BCUT2D eigenvalue weighted by Gasteiger charge is -2.37. The van der Waals surface area contributed by atoms with E-state index in [1.165, 1.54) is 11.9 Å². The largest absolute Gasteiger partial charge is 0.477 e. The molecule has 7 nitrogen and oxygen atoms in total. The number of carbonyl (C=O) groups is 1. The van der Waals surface area contributed by atoms with Crippen LogP contribution in [-0.4, -0.2) is 41.8 Å². The van der Waals surface area contributed by atoms with Crippen LogP contribution in [0, 0.1) is 0 Å².